The van der Waals surface area contributed by atoms with E-state index in [0.717, 1.165) is 17.7 Å². The van der Waals surface area contributed by atoms with E-state index in [4.69, 9.17) is 0 Å². The molecule has 32 heavy (non-hydrogen) atoms. The maximum Gasteiger partial charge on any atom is 0.326 e. The van der Waals surface area contributed by atoms with E-state index in [1.807, 2.05) is 0 Å². The van der Waals surface area contributed by atoms with Crippen LogP contribution >= 0.6 is 0 Å². The number of aromatic nitrogens is 1. The van der Waals surface area contributed by atoms with Crippen LogP contribution in [0.25, 0.3) is 0 Å². The van der Waals surface area contributed by atoms with Crippen molar-refractivity contribution < 1.29 is 22.8 Å². The Balaban J connectivity index is 1.41. The quantitative estimate of drug-likeness (QED) is 0.499. The smallest absolute Gasteiger partial charge is 0.318 e. The number of halogens is 3. The lowest BCUT2D eigenvalue weighted by atomic mass is 10.0. The van der Waals surface area contributed by atoms with Gasteiger partial charge in [0.1, 0.15) is 23.3 Å². The first-order valence-corrected chi connectivity index (χ1v) is 10.1. The Morgan fingerprint density at radius 3 is 2.44 bits per heavy atom. The summed E-state index contributed by atoms with van der Waals surface area (Å²) in [6, 6.07) is 12.0. The van der Waals surface area contributed by atoms with Crippen molar-refractivity contribution in [3.8, 4) is 0 Å². The molecule has 0 spiro atoms. The zero-order valence-electron chi connectivity index (χ0n) is 17.1. The number of amides is 2. The molecule has 0 saturated carbocycles. The third-order valence-electron chi connectivity index (χ3n) is 5.37. The fourth-order valence-corrected chi connectivity index (χ4v) is 3.59. The maximum atomic E-state index is 13.9. The molecule has 0 radical (unpaired) electrons. The summed E-state index contributed by atoms with van der Waals surface area (Å²) >= 11 is 0. The lowest BCUT2D eigenvalue weighted by molar-refractivity contribution is 0.0982. The number of nitrogens with zero attached hydrogens (tertiary/aromatic N) is 3. The first-order chi connectivity index (χ1) is 15.4. The van der Waals surface area contributed by atoms with Gasteiger partial charge in [-0.2, -0.15) is 0 Å². The molecule has 1 saturated heterocycles. The van der Waals surface area contributed by atoms with Gasteiger partial charge in [-0.05, 0) is 42.3 Å². The van der Waals surface area contributed by atoms with Crippen molar-refractivity contribution in [3.63, 3.8) is 0 Å². The van der Waals surface area contributed by atoms with E-state index in [0.29, 0.717) is 30.9 Å². The number of Topliss-reactive ketones (excluding diaryl/α,β-unsaturated/α-hetero) is 1. The van der Waals surface area contributed by atoms with Crippen LogP contribution in [0.3, 0.4) is 0 Å². The van der Waals surface area contributed by atoms with Gasteiger partial charge in [0.15, 0.2) is 5.78 Å². The molecule has 2 amide bonds. The van der Waals surface area contributed by atoms with Gasteiger partial charge >= 0.3 is 6.03 Å². The van der Waals surface area contributed by atoms with Crippen molar-refractivity contribution in [2.75, 3.05) is 18.0 Å². The molecule has 1 aliphatic heterocycles. The number of aryl methyl sites for hydroxylation is 1. The number of pyridine rings is 1. The highest BCUT2D eigenvalue weighted by molar-refractivity contribution is 5.98. The highest BCUT2D eigenvalue weighted by atomic mass is 19.1. The summed E-state index contributed by atoms with van der Waals surface area (Å²) in [5, 5.41) is 0. The Labute approximate surface area is 183 Å². The number of hydrogen-bond donors (Lipinski definition) is 0. The second kappa shape index (κ2) is 9.21. The first kappa shape index (κ1) is 21.5. The minimum atomic E-state index is -0.705. The first-order valence-electron chi connectivity index (χ1n) is 10.1. The predicted molar refractivity (Wildman–Crippen MR) is 113 cm³/mol. The highest BCUT2D eigenvalue weighted by Crippen LogP contribution is 2.22. The van der Waals surface area contributed by atoms with Gasteiger partial charge in [0.2, 0.25) is 0 Å². The highest BCUT2D eigenvalue weighted by Gasteiger charge is 2.31. The van der Waals surface area contributed by atoms with Crippen LogP contribution in [0.5, 0.6) is 0 Å². The summed E-state index contributed by atoms with van der Waals surface area (Å²) in [5.41, 5.74) is 1.50. The number of urea groups is 1. The molecular formula is C24H20F3N3O2. The van der Waals surface area contributed by atoms with Gasteiger partial charge in [0.05, 0.1) is 6.54 Å². The topological polar surface area (TPSA) is 53.5 Å². The molecule has 1 fully saturated rings. The number of benzene rings is 2. The van der Waals surface area contributed by atoms with Crippen molar-refractivity contribution in [1.29, 1.82) is 0 Å². The van der Waals surface area contributed by atoms with Crippen LogP contribution in [0.4, 0.5) is 23.8 Å². The normalized spacial score (nSPS) is 13.7. The molecule has 0 atom stereocenters. The minimum absolute atomic E-state index is 0.0116. The molecule has 1 aliphatic rings. The number of carbonyl (C=O) groups excluding carboxylic acids is 2. The van der Waals surface area contributed by atoms with E-state index in [9.17, 15) is 22.8 Å². The van der Waals surface area contributed by atoms with E-state index < -0.39 is 11.6 Å². The molecule has 3 aromatic rings. The number of ketones is 1. The second-order valence-electron chi connectivity index (χ2n) is 7.54. The summed E-state index contributed by atoms with van der Waals surface area (Å²) in [4.78, 5) is 32.5. The Bertz CT molecular complexity index is 1150. The molecule has 1 aromatic heterocycles. The van der Waals surface area contributed by atoms with Gasteiger partial charge in [-0.15, -0.1) is 0 Å². The largest absolute Gasteiger partial charge is 0.326 e. The molecule has 164 valence electrons. The number of anilines is 1. The van der Waals surface area contributed by atoms with Crippen LogP contribution in [0, 0.1) is 17.5 Å². The molecule has 2 aromatic carbocycles. The SMILES string of the molecule is O=C(CCc1ccc(F)cc1)c1ccnc(N2CCN(Cc3ccc(F)cc3F)C2=O)c1. The van der Waals surface area contributed by atoms with Crippen LogP contribution in [0.15, 0.2) is 60.8 Å². The van der Waals surface area contributed by atoms with Crippen LogP contribution in [0.1, 0.15) is 27.9 Å². The monoisotopic (exact) mass is 439 g/mol. The lowest BCUT2D eigenvalue weighted by Gasteiger charge is -2.18. The molecule has 4 rings (SSSR count). The minimum Gasteiger partial charge on any atom is -0.318 e. The number of rotatable bonds is 7. The van der Waals surface area contributed by atoms with Crippen molar-refractivity contribution >= 4 is 17.6 Å². The van der Waals surface area contributed by atoms with Crippen molar-refractivity contribution in [1.82, 2.24) is 9.88 Å². The van der Waals surface area contributed by atoms with Gasteiger partial charge in [-0.1, -0.05) is 18.2 Å². The van der Waals surface area contributed by atoms with E-state index in [2.05, 4.69) is 4.98 Å². The fraction of sp³-hybridized carbons (Fsp3) is 0.208. The third kappa shape index (κ3) is 4.80. The van der Waals surface area contributed by atoms with Crippen LogP contribution in [-0.4, -0.2) is 34.8 Å². The second-order valence-corrected chi connectivity index (χ2v) is 7.54. The Kier molecular flexibility index (Phi) is 6.20. The Hall–Kier alpha value is -3.68. The molecule has 0 bridgehead atoms. The van der Waals surface area contributed by atoms with Crippen molar-refractivity contribution in [2.45, 2.75) is 19.4 Å². The van der Waals surface area contributed by atoms with Crippen molar-refractivity contribution in [3.05, 3.63) is 94.9 Å². The van der Waals surface area contributed by atoms with E-state index >= 15 is 0 Å². The summed E-state index contributed by atoms with van der Waals surface area (Å²) in [6.45, 7) is 0.694. The number of carbonyl (C=O) groups is 2. The van der Waals surface area contributed by atoms with Crippen LogP contribution < -0.4 is 4.90 Å². The van der Waals surface area contributed by atoms with Crippen LogP contribution in [-0.2, 0) is 13.0 Å². The molecule has 2 heterocycles. The number of hydrogen-bond acceptors (Lipinski definition) is 3. The predicted octanol–water partition coefficient (Wildman–Crippen LogP) is 4.76. The summed E-state index contributed by atoms with van der Waals surface area (Å²) in [5.74, 6) is -1.49. The summed E-state index contributed by atoms with van der Waals surface area (Å²) < 4.78 is 40.1. The lowest BCUT2D eigenvalue weighted by Crippen LogP contribution is -2.32. The Morgan fingerprint density at radius 2 is 1.69 bits per heavy atom. The summed E-state index contributed by atoms with van der Waals surface area (Å²) in [7, 11) is 0. The zero-order chi connectivity index (χ0) is 22.7. The van der Waals surface area contributed by atoms with Gasteiger partial charge in [0, 0.05) is 42.9 Å². The molecule has 0 unspecified atom stereocenters. The van der Waals surface area contributed by atoms with E-state index in [1.54, 1.807) is 24.3 Å². The van der Waals surface area contributed by atoms with Crippen LogP contribution in [0.2, 0.25) is 0 Å². The molecule has 0 N–H and O–H groups in total. The Morgan fingerprint density at radius 1 is 0.938 bits per heavy atom. The molecular weight excluding hydrogens is 419 g/mol. The van der Waals surface area contributed by atoms with Gasteiger partial charge < -0.3 is 4.90 Å². The summed E-state index contributed by atoms with van der Waals surface area (Å²) in [6.07, 6.45) is 2.17. The standard InChI is InChI=1S/C24H20F3N3O2/c25-19-5-1-16(2-6-19)3-8-22(31)17-9-10-28-23(13-17)30-12-11-29(24(30)32)15-18-4-7-20(26)14-21(18)27/h1-2,4-7,9-10,13-14H,3,8,11-12,15H2. The molecule has 8 heteroatoms. The van der Waals surface area contributed by atoms with Gasteiger partial charge in [-0.3, -0.25) is 9.69 Å². The maximum absolute atomic E-state index is 13.9. The fourth-order valence-electron chi connectivity index (χ4n) is 3.59. The van der Waals surface area contributed by atoms with E-state index in [-0.39, 0.29) is 36.2 Å². The third-order valence-corrected chi connectivity index (χ3v) is 5.37. The average Bonchev–Trinajstić information content (AvgIpc) is 3.15. The molecule has 0 aliphatic carbocycles. The zero-order valence-corrected chi connectivity index (χ0v) is 17.1. The average molecular weight is 439 g/mol. The van der Waals surface area contributed by atoms with Gasteiger partial charge in [-0.25, -0.2) is 22.9 Å². The van der Waals surface area contributed by atoms with Gasteiger partial charge in [0.25, 0.3) is 0 Å². The molecule has 5 nitrogen and oxygen atoms in total. The van der Waals surface area contributed by atoms with Crippen molar-refractivity contribution in [2.24, 2.45) is 0 Å². The van der Waals surface area contributed by atoms with E-state index in [1.165, 1.54) is 34.2 Å².